The van der Waals surface area contributed by atoms with Gasteiger partial charge in [0.1, 0.15) is 5.75 Å². The minimum Gasteiger partial charge on any atom is -0.490 e. The van der Waals surface area contributed by atoms with Gasteiger partial charge in [-0.15, -0.1) is 0 Å². The van der Waals surface area contributed by atoms with Crippen LogP contribution in [0.4, 0.5) is 0 Å². The zero-order valence-corrected chi connectivity index (χ0v) is 8.28. The molecule has 3 heteroatoms. The number of aromatic nitrogens is 1. The lowest BCUT2D eigenvalue weighted by Gasteiger charge is -2.16. The Labute approximate surface area is 84.5 Å². The molecule has 1 N–H and O–H groups in total. The first kappa shape index (κ1) is 9.46. The van der Waals surface area contributed by atoms with E-state index in [9.17, 15) is 0 Å². The Bertz CT molecular complexity index is 255. The van der Waals surface area contributed by atoms with E-state index >= 15 is 0 Å². The molecular formula is C11H16N2O. The van der Waals surface area contributed by atoms with E-state index in [1.807, 2.05) is 12.1 Å². The molecule has 0 aliphatic carbocycles. The molecule has 1 aromatic heterocycles. The second-order valence-corrected chi connectivity index (χ2v) is 3.60. The first-order chi connectivity index (χ1) is 6.95. The highest BCUT2D eigenvalue weighted by atomic mass is 16.5. The van der Waals surface area contributed by atoms with E-state index in [2.05, 4.69) is 10.3 Å². The van der Waals surface area contributed by atoms with E-state index in [1.165, 1.54) is 6.42 Å². The predicted octanol–water partition coefficient (Wildman–Crippen LogP) is 1.60. The lowest BCUT2D eigenvalue weighted by molar-refractivity contribution is 0.187. The van der Waals surface area contributed by atoms with Crippen LogP contribution in [0.1, 0.15) is 19.3 Å². The third kappa shape index (κ3) is 2.70. The van der Waals surface area contributed by atoms with E-state index in [0.717, 1.165) is 31.7 Å². The number of nitrogens with one attached hydrogen (secondary N) is 1. The number of hydrogen-bond donors (Lipinski definition) is 1. The van der Waals surface area contributed by atoms with Gasteiger partial charge >= 0.3 is 0 Å². The lowest BCUT2D eigenvalue weighted by Crippen LogP contribution is -2.19. The van der Waals surface area contributed by atoms with Crippen molar-refractivity contribution in [1.29, 1.82) is 0 Å². The molecular weight excluding hydrogens is 176 g/mol. The summed E-state index contributed by atoms with van der Waals surface area (Å²) in [6.07, 6.45) is 7.36. The third-order valence-electron chi connectivity index (χ3n) is 2.48. The zero-order valence-electron chi connectivity index (χ0n) is 8.28. The van der Waals surface area contributed by atoms with Gasteiger partial charge in [-0.3, -0.25) is 4.98 Å². The van der Waals surface area contributed by atoms with E-state index in [1.54, 1.807) is 12.4 Å². The van der Waals surface area contributed by atoms with Crippen LogP contribution in [0.25, 0.3) is 0 Å². The number of rotatable bonds is 2. The largest absolute Gasteiger partial charge is 0.490 e. The molecule has 1 aromatic rings. The molecule has 76 valence electrons. The summed E-state index contributed by atoms with van der Waals surface area (Å²) in [6.45, 7) is 2.19. The SMILES string of the molecule is c1cc(OC2CCCNCC2)ccn1. The van der Waals surface area contributed by atoms with Crippen LogP contribution in [0, 0.1) is 0 Å². The van der Waals surface area contributed by atoms with Crippen molar-refractivity contribution in [3.05, 3.63) is 24.5 Å². The van der Waals surface area contributed by atoms with Crippen molar-refractivity contribution in [3.8, 4) is 5.75 Å². The molecule has 1 aliphatic rings. The summed E-state index contributed by atoms with van der Waals surface area (Å²) >= 11 is 0. The Hall–Kier alpha value is -1.09. The van der Waals surface area contributed by atoms with Crippen LogP contribution in [-0.4, -0.2) is 24.2 Å². The van der Waals surface area contributed by atoms with Gasteiger partial charge in [-0.05, 0) is 44.5 Å². The molecule has 1 saturated heterocycles. The summed E-state index contributed by atoms with van der Waals surface area (Å²) in [5, 5.41) is 3.37. The van der Waals surface area contributed by atoms with Gasteiger partial charge in [0.2, 0.25) is 0 Å². The normalized spacial score (nSPS) is 22.7. The molecule has 2 heterocycles. The Morgan fingerprint density at radius 2 is 2.07 bits per heavy atom. The van der Waals surface area contributed by atoms with Crippen LogP contribution in [0.2, 0.25) is 0 Å². The third-order valence-corrected chi connectivity index (χ3v) is 2.48. The van der Waals surface area contributed by atoms with Crippen molar-refractivity contribution in [2.75, 3.05) is 13.1 Å². The van der Waals surface area contributed by atoms with Gasteiger partial charge in [0, 0.05) is 12.4 Å². The number of pyridine rings is 1. The first-order valence-electron chi connectivity index (χ1n) is 5.22. The molecule has 0 radical (unpaired) electrons. The van der Waals surface area contributed by atoms with Crippen molar-refractivity contribution < 1.29 is 4.74 Å². The highest BCUT2D eigenvalue weighted by molar-refractivity contribution is 5.17. The molecule has 1 aliphatic heterocycles. The Morgan fingerprint density at radius 1 is 1.21 bits per heavy atom. The summed E-state index contributed by atoms with van der Waals surface area (Å²) < 4.78 is 5.86. The van der Waals surface area contributed by atoms with Gasteiger partial charge in [-0.1, -0.05) is 0 Å². The van der Waals surface area contributed by atoms with Crippen molar-refractivity contribution in [1.82, 2.24) is 10.3 Å². The van der Waals surface area contributed by atoms with Gasteiger partial charge in [0.25, 0.3) is 0 Å². The smallest absolute Gasteiger partial charge is 0.122 e. The molecule has 2 rings (SSSR count). The molecule has 0 saturated carbocycles. The average Bonchev–Trinajstić information content (AvgIpc) is 2.48. The fourth-order valence-corrected chi connectivity index (χ4v) is 1.71. The molecule has 0 bridgehead atoms. The summed E-state index contributed by atoms with van der Waals surface area (Å²) in [5.74, 6) is 0.937. The van der Waals surface area contributed by atoms with Gasteiger partial charge < -0.3 is 10.1 Å². The van der Waals surface area contributed by atoms with Crippen LogP contribution in [-0.2, 0) is 0 Å². The van der Waals surface area contributed by atoms with Gasteiger partial charge in [0.15, 0.2) is 0 Å². The van der Waals surface area contributed by atoms with Crippen molar-refractivity contribution >= 4 is 0 Å². The number of nitrogens with zero attached hydrogens (tertiary/aromatic N) is 1. The molecule has 14 heavy (non-hydrogen) atoms. The van der Waals surface area contributed by atoms with Crippen LogP contribution in [0.5, 0.6) is 5.75 Å². The Balaban J connectivity index is 1.90. The van der Waals surface area contributed by atoms with Crippen molar-refractivity contribution in [3.63, 3.8) is 0 Å². The van der Waals surface area contributed by atoms with E-state index in [0.29, 0.717) is 6.10 Å². The topological polar surface area (TPSA) is 34.1 Å². The fraction of sp³-hybridized carbons (Fsp3) is 0.545. The van der Waals surface area contributed by atoms with Gasteiger partial charge in [0.05, 0.1) is 6.10 Å². The minimum atomic E-state index is 0.368. The van der Waals surface area contributed by atoms with Gasteiger partial charge in [-0.25, -0.2) is 0 Å². The average molecular weight is 192 g/mol. The fourth-order valence-electron chi connectivity index (χ4n) is 1.71. The summed E-state index contributed by atoms with van der Waals surface area (Å²) in [4.78, 5) is 3.96. The maximum Gasteiger partial charge on any atom is 0.122 e. The van der Waals surface area contributed by atoms with Crippen LogP contribution in [0.3, 0.4) is 0 Å². The van der Waals surface area contributed by atoms with E-state index < -0.39 is 0 Å². The Morgan fingerprint density at radius 3 is 2.93 bits per heavy atom. The second-order valence-electron chi connectivity index (χ2n) is 3.60. The first-order valence-corrected chi connectivity index (χ1v) is 5.22. The van der Waals surface area contributed by atoms with Gasteiger partial charge in [-0.2, -0.15) is 0 Å². The molecule has 0 spiro atoms. The Kier molecular flexibility index (Phi) is 3.35. The molecule has 1 unspecified atom stereocenters. The van der Waals surface area contributed by atoms with E-state index in [4.69, 9.17) is 4.74 Å². The molecule has 1 fully saturated rings. The molecule has 1 atom stereocenters. The number of hydrogen-bond acceptors (Lipinski definition) is 3. The lowest BCUT2D eigenvalue weighted by atomic mass is 10.1. The highest BCUT2D eigenvalue weighted by Crippen LogP contribution is 2.15. The summed E-state index contributed by atoms with van der Waals surface area (Å²) in [7, 11) is 0. The standard InChI is InChI=1S/C11H16N2O/c1-2-10(3-7-12-6-1)14-11-4-8-13-9-5-11/h4-5,8-10,12H,1-3,6-7H2. The number of ether oxygens (including phenoxy) is 1. The monoisotopic (exact) mass is 192 g/mol. The van der Waals surface area contributed by atoms with Crippen LogP contribution in [0.15, 0.2) is 24.5 Å². The quantitative estimate of drug-likeness (QED) is 0.773. The zero-order chi connectivity index (χ0) is 9.64. The maximum atomic E-state index is 5.86. The van der Waals surface area contributed by atoms with Crippen LogP contribution >= 0.6 is 0 Å². The highest BCUT2D eigenvalue weighted by Gasteiger charge is 2.12. The molecule has 3 nitrogen and oxygen atoms in total. The predicted molar refractivity (Wildman–Crippen MR) is 55.4 cm³/mol. The summed E-state index contributed by atoms with van der Waals surface area (Å²) in [5.41, 5.74) is 0. The molecule has 0 amide bonds. The molecule has 0 aromatic carbocycles. The van der Waals surface area contributed by atoms with Crippen LogP contribution < -0.4 is 10.1 Å². The van der Waals surface area contributed by atoms with E-state index in [-0.39, 0.29) is 0 Å². The maximum absolute atomic E-state index is 5.86. The summed E-state index contributed by atoms with van der Waals surface area (Å²) in [6, 6.07) is 3.83. The van der Waals surface area contributed by atoms with Crippen molar-refractivity contribution in [2.24, 2.45) is 0 Å². The second kappa shape index (κ2) is 4.96. The minimum absolute atomic E-state index is 0.368. The van der Waals surface area contributed by atoms with Crippen molar-refractivity contribution in [2.45, 2.75) is 25.4 Å².